The lowest BCUT2D eigenvalue weighted by Gasteiger charge is -2.32. The van der Waals surface area contributed by atoms with Crippen molar-refractivity contribution in [3.8, 4) is 6.07 Å². The van der Waals surface area contributed by atoms with E-state index in [4.69, 9.17) is 16.9 Å². The third kappa shape index (κ3) is 3.22. The lowest BCUT2D eigenvalue weighted by molar-refractivity contribution is 0.329. The molecule has 1 N–H and O–H groups in total. The fraction of sp³-hybridized carbons (Fsp3) is 0.533. The van der Waals surface area contributed by atoms with Gasteiger partial charge in [0.15, 0.2) is 0 Å². The highest BCUT2D eigenvalue weighted by atomic mass is 35.5. The molecule has 2 aliphatic rings. The zero-order valence-corrected chi connectivity index (χ0v) is 13.7. The van der Waals surface area contributed by atoms with Crippen LogP contribution >= 0.6 is 11.6 Å². The molecule has 5 nitrogen and oxygen atoms in total. The van der Waals surface area contributed by atoms with Gasteiger partial charge in [-0.1, -0.05) is 11.6 Å². The van der Waals surface area contributed by atoms with Crippen molar-refractivity contribution < 1.29 is 8.42 Å². The van der Waals surface area contributed by atoms with Gasteiger partial charge in [0.2, 0.25) is 10.0 Å². The van der Waals surface area contributed by atoms with Crippen LogP contribution in [0.25, 0.3) is 0 Å². The molecule has 22 heavy (non-hydrogen) atoms. The molecule has 0 atom stereocenters. The van der Waals surface area contributed by atoms with Crippen LogP contribution in [0.2, 0.25) is 5.02 Å². The van der Waals surface area contributed by atoms with E-state index in [1.807, 2.05) is 0 Å². The van der Waals surface area contributed by atoms with E-state index in [2.05, 4.69) is 11.4 Å². The van der Waals surface area contributed by atoms with Crippen LogP contribution in [0.4, 0.5) is 5.69 Å². The average Bonchev–Trinajstić information content (AvgIpc) is 3.33. The molecular formula is C15H18ClN3O2S. The molecular weight excluding hydrogens is 322 g/mol. The maximum Gasteiger partial charge on any atom is 0.216 e. The molecule has 1 aliphatic carbocycles. The summed E-state index contributed by atoms with van der Waals surface area (Å²) in [4.78, 5) is 0. The standard InChI is InChI=1S/C15H18ClN3O2S/c16-12-2-1-11(10-17)15(9-12)18-13-5-7-19(8-6-13)22(20,21)14-3-4-14/h1-2,9,13-14,18H,3-8H2. The molecule has 1 aromatic carbocycles. The number of nitrogens with one attached hydrogen (secondary N) is 1. The van der Waals surface area contributed by atoms with Crippen LogP contribution in [-0.4, -0.2) is 37.1 Å². The minimum Gasteiger partial charge on any atom is -0.381 e. The SMILES string of the molecule is N#Cc1ccc(Cl)cc1NC1CCN(S(=O)(=O)C2CC2)CC1. The first-order valence-corrected chi connectivity index (χ1v) is 9.34. The van der Waals surface area contributed by atoms with Gasteiger partial charge in [-0.15, -0.1) is 0 Å². The van der Waals surface area contributed by atoms with Crippen molar-refractivity contribution in [2.75, 3.05) is 18.4 Å². The molecule has 0 amide bonds. The molecule has 0 radical (unpaired) electrons. The fourth-order valence-corrected chi connectivity index (χ4v) is 4.83. The molecule has 0 unspecified atom stereocenters. The fourth-order valence-electron chi connectivity index (χ4n) is 2.78. The number of rotatable bonds is 4. The molecule has 118 valence electrons. The number of nitriles is 1. The molecule has 3 rings (SSSR count). The van der Waals surface area contributed by atoms with Gasteiger partial charge in [-0.2, -0.15) is 5.26 Å². The Balaban J connectivity index is 1.63. The molecule has 0 bridgehead atoms. The third-order valence-corrected chi connectivity index (χ3v) is 6.86. The van der Waals surface area contributed by atoms with E-state index in [0.29, 0.717) is 23.7 Å². The molecule has 1 aliphatic heterocycles. The normalized spacial score (nSPS) is 20.5. The highest BCUT2D eigenvalue weighted by Crippen LogP contribution is 2.33. The first-order valence-electron chi connectivity index (χ1n) is 7.46. The van der Waals surface area contributed by atoms with Crippen molar-refractivity contribution >= 4 is 27.3 Å². The zero-order valence-electron chi connectivity index (χ0n) is 12.1. The number of sulfonamides is 1. The Morgan fingerprint density at radius 1 is 1.23 bits per heavy atom. The largest absolute Gasteiger partial charge is 0.381 e. The van der Waals surface area contributed by atoms with Crippen molar-refractivity contribution in [3.63, 3.8) is 0 Å². The van der Waals surface area contributed by atoms with Gasteiger partial charge in [-0.05, 0) is 43.9 Å². The van der Waals surface area contributed by atoms with Crippen LogP contribution in [0.15, 0.2) is 18.2 Å². The van der Waals surface area contributed by atoms with Gasteiger partial charge < -0.3 is 5.32 Å². The predicted molar refractivity (Wildman–Crippen MR) is 86.3 cm³/mol. The number of hydrogen-bond donors (Lipinski definition) is 1. The molecule has 1 aromatic rings. The minimum absolute atomic E-state index is 0.143. The van der Waals surface area contributed by atoms with Crippen LogP contribution in [0.3, 0.4) is 0 Å². The van der Waals surface area contributed by atoms with Gasteiger partial charge >= 0.3 is 0 Å². The Bertz CT molecular complexity index is 702. The predicted octanol–water partition coefficient (Wildman–Crippen LogP) is 2.58. The van der Waals surface area contributed by atoms with Crippen molar-refractivity contribution in [3.05, 3.63) is 28.8 Å². The summed E-state index contributed by atoms with van der Waals surface area (Å²) in [6, 6.07) is 7.43. The molecule has 0 spiro atoms. The Hall–Kier alpha value is -1.29. The number of benzene rings is 1. The van der Waals surface area contributed by atoms with Gasteiger partial charge in [0.25, 0.3) is 0 Å². The zero-order chi connectivity index (χ0) is 15.7. The van der Waals surface area contributed by atoms with Crippen LogP contribution in [0.5, 0.6) is 0 Å². The summed E-state index contributed by atoms with van der Waals surface area (Å²) >= 11 is 5.98. The smallest absolute Gasteiger partial charge is 0.216 e. The number of halogens is 1. The van der Waals surface area contributed by atoms with E-state index in [1.54, 1.807) is 22.5 Å². The molecule has 1 saturated carbocycles. The van der Waals surface area contributed by atoms with E-state index < -0.39 is 10.0 Å². The van der Waals surface area contributed by atoms with Gasteiger partial charge in [0, 0.05) is 24.2 Å². The van der Waals surface area contributed by atoms with E-state index >= 15 is 0 Å². The second-order valence-corrected chi connectivity index (χ2v) is 8.51. The second kappa shape index (κ2) is 6.07. The van der Waals surface area contributed by atoms with Crippen LogP contribution in [-0.2, 0) is 10.0 Å². The second-order valence-electron chi connectivity index (χ2n) is 5.86. The van der Waals surface area contributed by atoms with Crippen molar-refractivity contribution in [2.24, 2.45) is 0 Å². The first-order chi connectivity index (χ1) is 10.5. The Morgan fingerprint density at radius 3 is 2.50 bits per heavy atom. The molecule has 7 heteroatoms. The highest BCUT2D eigenvalue weighted by Gasteiger charge is 2.41. The number of nitrogens with zero attached hydrogens (tertiary/aromatic N) is 2. The van der Waals surface area contributed by atoms with E-state index in [1.165, 1.54) is 0 Å². The average molecular weight is 340 g/mol. The summed E-state index contributed by atoms with van der Waals surface area (Å²) in [5.41, 5.74) is 1.27. The molecule has 1 heterocycles. The topological polar surface area (TPSA) is 73.2 Å². The Labute approximate surface area is 135 Å². The first kappa shape index (κ1) is 15.6. The summed E-state index contributed by atoms with van der Waals surface area (Å²) in [5.74, 6) is 0. The van der Waals surface area contributed by atoms with Gasteiger partial charge in [0.05, 0.1) is 16.5 Å². The molecule has 2 fully saturated rings. The van der Waals surface area contributed by atoms with E-state index in [0.717, 1.165) is 31.4 Å². The maximum absolute atomic E-state index is 12.2. The van der Waals surface area contributed by atoms with Crippen molar-refractivity contribution in [1.29, 1.82) is 5.26 Å². The summed E-state index contributed by atoms with van der Waals surface area (Å²) in [7, 11) is -3.07. The summed E-state index contributed by atoms with van der Waals surface area (Å²) in [6.45, 7) is 1.08. The summed E-state index contributed by atoms with van der Waals surface area (Å²) in [5, 5.41) is 12.9. The number of anilines is 1. The van der Waals surface area contributed by atoms with E-state index in [-0.39, 0.29) is 11.3 Å². The van der Waals surface area contributed by atoms with Crippen LogP contribution < -0.4 is 5.32 Å². The Kier molecular flexibility index (Phi) is 4.31. The van der Waals surface area contributed by atoms with Crippen LogP contribution in [0, 0.1) is 11.3 Å². The number of hydrogen-bond acceptors (Lipinski definition) is 4. The van der Waals surface area contributed by atoms with Gasteiger partial charge in [-0.3, -0.25) is 0 Å². The Morgan fingerprint density at radius 2 is 1.91 bits per heavy atom. The third-order valence-electron chi connectivity index (χ3n) is 4.22. The minimum atomic E-state index is -3.07. The van der Waals surface area contributed by atoms with Crippen molar-refractivity contribution in [1.82, 2.24) is 4.31 Å². The lowest BCUT2D eigenvalue weighted by atomic mass is 10.1. The maximum atomic E-state index is 12.2. The quantitative estimate of drug-likeness (QED) is 0.915. The van der Waals surface area contributed by atoms with Crippen molar-refractivity contribution in [2.45, 2.75) is 37.0 Å². The van der Waals surface area contributed by atoms with Gasteiger partial charge in [0.1, 0.15) is 6.07 Å². The molecule has 0 aromatic heterocycles. The number of piperidine rings is 1. The van der Waals surface area contributed by atoms with Crippen LogP contribution in [0.1, 0.15) is 31.2 Å². The monoisotopic (exact) mass is 339 g/mol. The van der Waals surface area contributed by atoms with Gasteiger partial charge in [-0.25, -0.2) is 12.7 Å². The van der Waals surface area contributed by atoms with E-state index in [9.17, 15) is 8.42 Å². The summed E-state index contributed by atoms with van der Waals surface area (Å²) < 4.78 is 26.0. The highest BCUT2D eigenvalue weighted by molar-refractivity contribution is 7.90. The lowest BCUT2D eigenvalue weighted by Crippen LogP contribution is -2.43. The molecule has 1 saturated heterocycles. The summed E-state index contributed by atoms with van der Waals surface area (Å²) in [6.07, 6.45) is 3.08.